The van der Waals surface area contributed by atoms with Gasteiger partial charge in [0.25, 0.3) is 0 Å². The number of fused-ring (bicyclic) bond motifs is 1. The smallest absolute Gasteiger partial charge is 0.227 e. The normalized spacial score (nSPS) is 11.8. The third kappa shape index (κ3) is 4.20. The molecule has 0 aliphatic rings. The number of aromatic nitrogens is 1. The van der Waals surface area contributed by atoms with Crippen molar-refractivity contribution in [2.24, 2.45) is 0 Å². The van der Waals surface area contributed by atoms with Crippen LogP contribution in [0.1, 0.15) is 11.1 Å². The highest BCUT2D eigenvalue weighted by molar-refractivity contribution is 6.29. The number of rotatable bonds is 4. The average Bonchev–Trinajstić information content (AvgIpc) is 3.51. The molecule has 0 unspecified atom stereocenters. The molecule has 3 heteroatoms. The first kappa shape index (κ1) is 26.6. The molecule has 0 spiro atoms. The molecule has 2 nitrogen and oxygen atoms in total. The maximum atomic E-state index is 14.0. The van der Waals surface area contributed by atoms with Gasteiger partial charge >= 0.3 is 0 Å². The molecule has 8 aromatic carbocycles. The largest absolute Gasteiger partial charge is 0.436 e. The Hall–Kier alpha value is -5.80. The summed E-state index contributed by atoms with van der Waals surface area (Å²) in [6.45, 7) is 4.23. The van der Waals surface area contributed by atoms with Crippen LogP contribution in [-0.2, 0) is 0 Å². The van der Waals surface area contributed by atoms with E-state index in [0.717, 1.165) is 38.7 Å². The topological polar surface area (TPSA) is 26.0 Å². The van der Waals surface area contributed by atoms with Crippen molar-refractivity contribution >= 4 is 43.4 Å². The molecule has 9 aromatic rings. The Morgan fingerprint density at radius 1 is 0.500 bits per heavy atom. The Balaban J connectivity index is 1.33. The first-order valence-electron chi connectivity index (χ1n) is 15.6. The van der Waals surface area contributed by atoms with Gasteiger partial charge in [-0.05, 0) is 110 Å². The van der Waals surface area contributed by atoms with E-state index in [1.165, 1.54) is 55.3 Å². The maximum absolute atomic E-state index is 14.0. The van der Waals surface area contributed by atoms with Gasteiger partial charge in [0.1, 0.15) is 11.3 Å². The molecule has 0 N–H and O–H groups in total. The average molecular weight is 594 g/mol. The van der Waals surface area contributed by atoms with Crippen LogP contribution in [-0.4, -0.2) is 4.98 Å². The minimum atomic E-state index is -0.263. The van der Waals surface area contributed by atoms with Crippen LogP contribution in [0, 0.1) is 19.7 Å². The summed E-state index contributed by atoms with van der Waals surface area (Å²) in [5.74, 6) is 0.303. The van der Waals surface area contributed by atoms with E-state index >= 15 is 0 Å². The number of oxazole rings is 1. The van der Waals surface area contributed by atoms with E-state index in [9.17, 15) is 4.39 Å². The molecular formula is C43H28FNO. The third-order valence-electron chi connectivity index (χ3n) is 9.28. The lowest BCUT2D eigenvalue weighted by Crippen LogP contribution is -1.92. The van der Waals surface area contributed by atoms with Gasteiger partial charge < -0.3 is 4.42 Å². The standard InChI is InChI=1S/C43H28FNO/c1-25-6-10-27(11-7-25)33-17-14-29-15-18-35-37(28-12-8-26(2)9-13-28)24-38(36-20-19-34(33)41(29)42(35)36)43-45-39-23-31(16-21-40(39)46-43)30-4-3-5-32(44)22-30/h3-24H,1-2H3. The number of hydrogen-bond acceptors (Lipinski definition) is 2. The van der Waals surface area contributed by atoms with Crippen molar-refractivity contribution in [3.63, 3.8) is 0 Å². The summed E-state index contributed by atoms with van der Waals surface area (Å²) < 4.78 is 20.5. The van der Waals surface area contributed by atoms with E-state index in [4.69, 9.17) is 9.40 Å². The highest BCUT2D eigenvalue weighted by Gasteiger charge is 2.21. The molecule has 0 bridgehead atoms. The molecule has 0 saturated carbocycles. The fourth-order valence-electron chi connectivity index (χ4n) is 6.92. The molecule has 0 radical (unpaired) electrons. The minimum Gasteiger partial charge on any atom is -0.436 e. The Labute approximate surface area is 265 Å². The number of benzene rings is 8. The quantitative estimate of drug-likeness (QED) is 0.190. The van der Waals surface area contributed by atoms with Gasteiger partial charge in [-0.2, -0.15) is 0 Å². The van der Waals surface area contributed by atoms with Crippen LogP contribution >= 0.6 is 0 Å². The van der Waals surface area contributed by atoms with Gasteiger partial charge in [0.2, 0.25) is 5.89 Å². The van der Waals surface area contributed by atoms with Crippen LogP contribution in [0.3, 0.4) is 0 Å². The lowest BCUT2D eigenvalue weighted by Gasteiger charge is -2.18. The van der Waals surface area contributed by atoms with E-state index < -0.39 is 0 Å². The van der Waals surface area contributed by atoms with E-state index in [2.05, 4.69) is 105 Å². The Kier molecular flexibility index (Phi) is 5.85. The summed E-state index contributed by atoms with van der Waals surface area (Å²) >= 11 is 0. The lowest BCUT2D eigenvalue weighted by atomic mass is 9.85. The monoisotopic (exact) mass is 593 g/mol. The molecule has 0 atom stereocenters. The second kappa shape index (κ2) is 10.1. The van der Waals surface area contributed by atoms with Crippen LogP contribution in [0.2, 0.25) is 0 Å². The summed E-state index contributed by atoms with van der Waals surface area (Å²) in [6, 6.07) is 45.7. The summed E-state index contributed by atoms with van der Waals surface area (Å²) in [5, 5.41) is 7.18. The van der Waals surface area contributed by atoms with E-state index in [1.54, 1.807) is 12.1 Å². The molecule has 9 rings (SSSR count). The zero-order valence-corrected chi connectivity index (χ0v) is 25.4. The summed E-state index contributed by atoms with van der Waals surface area (Å²) in [4.78, 5) is 5.04. The fourth-order valence-corrected chi connectivity index (χ4v) is 6.92. The van der Waals surface area contributed by atoms with Gasteiger partial charge in [-0.3, -0.25) is 0 Å². The molecule has 0 amide bonds. The van der Waals surface area contributed by atoms with Crippen LogP contribution in [0.25, 0.3) is 88.3 Å². The molecule has 0 aliphatic heterocycles. The predicted octanol–water partition coefficient (Wildman–Crippen LogP) is 12.1. The molecular weight excluding hydrogens is 565 g/mol. The number of halogens is 1. The van der Waals surface area contributed by atoms with E-state index in [-0.39, 0.29) is 5.82 Å². The van der Waals surface area contributed by atoms with Crippen molar-refractivity contribution in [1.29, 1.82) is 0 Å². The SMILES string of the molecule is Cc1ccc(-c2ccc3ccc4c(-c5ccc(C)cc5)cc(-c5nc6cc(-c7cccc(F)c7)ccc6o5)c5ccc2c3c45)cc1. The predicted molar refractivity (Wildman–Crippen MR) is 189 cm³/mol. The van der Waals surface area contributed by atoms with Gasteiger partial charge in [0, 0.05) is 5.56 Å². The molecule has 218 valence electrons. The van der Waals surface area contributed by atoms with Crippen molar-refractivity contribution in [3.8, 4) is 44.8 Å². The zero-order valence-electron chi connectivity index (χ0n) is 25.4. The number of nitrogens with zero attached hydrogens (tertiary/aromatic N) is 1. The minimum absolute atomic E-state index is 0.263. The zero-order chi connectivity index (χ0) is 30.9. The van der Waals surface area contributed by atoms with Crippen molar-refractivity contribution in [2.45, 2.75) is 13.8 Å². The van der Waals surface area contributed by atoms with Crippen molar-refractivity contribution in [3.05, 3.63) is 150 Å². The van der Waals surface area contributed by atoms with Gasteiger partial charge in [-0.1, -0.05) is 114 Å². The summed E-state index contributed by atoms with van der Waals surface area (Å²) in [5.41, 5.74) is 11.3. The van der Waals surface area contributed by atoms with Crippen LogP contribution < -0.4 is 0 Å². The molecule has 0 aliphatic carbocycles. The van der Waals surface area contributed by atoms with Crippen LogP contribution in [0.5, 0.6) is 0 Å². The molecule has 1 aromatic heterocycles. The van der Waals surface area contributed by atoms with Crippen molar-refractivity contribution in [2.75, 3.05) is 0 Å². The molecule has 1 heterocycles. The fraction of sp³-hybridized carbons (Fsp3) is 0.0465. The Morgan fingerprint density at radius 3 is 1.85 bits per heavy atom. The van der Waals surface area contributed by atoms with Crippen LogP contribution in [0.4, 0.5) is 4.39 Å². The van der Waals surface area contributed by atoms with Gasteiger partial charge in [0.15, 0.2) is 5.58 Å². The number of hydrogen-bond donors (Lipinski definition) is 0. The Morgan fingerprint density at radius 2 is 1.11 bits per heavy atom. The van der Waals surface area contributed by atoms with Crippen molar-refractivity contribution in [1.82, 2.24) is 4.98 Å². The molecule has 46 heavy (non-hydrogen) atoms. The van der Waals surface area contributed by atoms with E-state index in [0.29, 0.717) is 11.5 Å². The second-order valence-electron chi connectivity index (χ2n) is 12.3. The second-order valence-corrected chi connectivity index (χ2v) is 12.3. The van der Waals surface area contributed by atoms with Gasteiger partial charge in [-0.15, -0.1) is 0 Å². The highest BCUT2D eigenvalue weighted by Crippen LogP contribution is 2.46. The number of aryl methyl sites for hydroxylation is 2. The van der Waals surface area contributed by atoms with Crippen molar-refractivity contribution < 1.29 is 8.81 Å². The molecule has 0 saturated heterocycles. The highest BCUT2D eigenvalue weighted by atomic mass is 19.1. The van der Waals surface area contributed by atoms with Gasteiger partial charge in [0.05, 0.1) is 0 Å². The first-order valence-corrected chi connectivity index (χ1v) is 15.6. The maximum Gasteiger partial charge on any atom is 0.227 e. The first-order chi connectivity index (χ1) is 22.5. The lowest BCUT2D eigenvalue weighted by molar-refractivity contribution is 0.620. The third-order valence-corrected chi connectivity index (χ3v) is 9.28. The van der Waals surface area contributed by atoms with Gasteiger partial charge in [-0.25, -0.2) is 9.37 Å². The van der Waals surface area contributed by atoms with E-state index in [1.807, 2.05) is 24.3 Å². The Bertz CT molecular complexity index is 2590. The summed E-state index contributed by atoms with van der Waals surface area (Å²) in [6.07, 6.45) is 0. The molecule has 0 fully saturated rings. The van der Waals surface area contributed by atoms with Crippen LogP contribution in [0.15, 0.2) is 138 Å². The summed E-state index contributed by atoms with van der Waals surface area (Å²) in [7, 11) is 0.